The molecule has 2 atom stereocenters. The molecule has 3 aromatic carbocycles. The van der Waals surface area contributed by atoms with Crippen molar-refractivity contribution in [3.05, 3.63) is 96.6 Å². The lowest BCUT2D eigenvalue weighted by Gasteiger charge is -2.32. The van der Waals surface area contributed by atoms with Crippen molar-refractivity contribution < 1.29 is 19.0 Å². The van der Waals surface area contributed by atoms with Crippen molar-refractivity contribution in [1.82, 2.24) is 0 Å². The van der Waals surface area contributed by atoms with Gasteiger partial charge >= 0.3 is 5.97 Å². The highest BCUT2D eigenvalue weighted by atomic mass is 16.5. The van der Waals surface area contributed by atoms with Crippen LogP contribution in [0.15, 0.2) is 85.4 Å². The molecule has 3 rings (SSSR count). The third-order valence-corrected chi connectivity index (χ3v) is 10.1. The third kappa shape index (κ3) is 16.4. The van der Waals surface area contributed by atoms with Crippen LogP contribution in [0.4, 0.5) is 0 Å². The Morgan fingerprint density at radius 3 is 1.71 bits per heavy atom. The molecule has 0 aromatic heterocycles. The van der Waals surface area contributed by atoms with Crippen molar-refractivity contribution in [3.8, 4) is 16.9 Å². The number of carbonyl (C=O) groups is 1. The number of benzene rings is 3. The quantitative estimate of drug-likeness (QED) is 0.0499. The topological polar surface area (TPSA) is 44.8 Å². The van der Waals surface area contributed by atoms with Gasteiger partial charge in [0.2, 0.25) is 0 Å². The first kappa shape index (κ1) is 42.9. The van der Waals surface area contributed by atoms with Gasteiger partial charge in [-0.05, 0) is 85.6 Å². The number of hydrogen-bond donors (Lipinski definition) is 0. The van der Waals surface area contributed by atoms with Crippen molar-refractivity contribution in [1.29, 1.82) is 0 Å². The zero-order valence-electron chi connectivity index (χ0n) is 33.8. The van der Waals surface area contributed by atoms with Crippen molar-refractivity contribution in [3.63, 3.8) is 0 Å². The van der Waals surface area contributed by atoms with E-state index < -0.39 is 5.41 Å². The van der Waals surface area contributed by atoms with Gasteiger partial charge in [0.05, 0.1) is 25.2 Å². The summed E-state index contributed by atoms with van der Waals surface area (Å²) < 4.78 is 17.7. The van der Waals surface area contributed by atoms with Crippen molar-refractivity contribution in [2.45, 2.75) is 138 Å². The van der Waals surface area contributed by atoms with Crippen LogP contribution in [0.2, 0.25) is 0 Å². The molecule has 3 aromatic rings. The first-order chi connectivity index (χ1) is 24.9. The minimum atomic E-state index is -0.503. The maximum absolute atomic E-state index is 13.1. The molecule has 0 N–H and O–H groups in total. The molecule has 0 saturated heterocycles. The van der Waals surface area contributed by atoms with Gasteiger partial charge in [0, 0.05) is 5.56 Å². The first-order valence-electron chi connectivity index (χ1n) is 20.3. The van der Waals surface area contributed by atoms with Crippen LogP contribution < -0.4 is 4.74 Å². The monoisotopic (exact) mass is 711 g/mol. The van der Waals surface area contributed by atoms with Gasteiger partial charge in [-0.1, -0.05) is 166 Å². The molecule has 4 heteroatoms. The lowest BCUT2D eigenvalue weighted by molar-refractivity contribution is -0.154. The Bertz CT molecular complexity index is 1420. The highest BCUT2D eigenvalue weighted by molar-refractivity contribution is 5.76. The molecule has 286 valence electrons. The normalized spacial score (nSPS) is 13.0. The maximum atomic E-state index is 13.1. The van der Waals surface area contributed by atoms with E-state index in [0.29, 0.717) is 25.0 Å². The fourth-order valence-electron chi connectivity index (χ4n) is 6.68. The summed E-state index contributed by atoms with van der Waals surface area (Å²) in [5.41, 5.74) is 4.38. The van der Waals surface area contributed by atoms with Crippen LogP contribution in [-0.2, 0) is 14.3 Å². The Labute approximate surface area is 317 Å². The van der Waals surface area contributed by atoms with E-state index in [4.69, 9.17) is 14.2 Å². The smallest absolute Gasteiger partial charge is 0.311 e. The van der Waals surface area contributed by atoms with Gasteiger partial charge in [0.15, 0.2) is 0 Å². The van der Waals surface area contributed by atoms with E-state index >= 15 is 0 Å². The maximum Gasteiger partial charge on any atom is 0.311 e. The minimum absolute atomic E-state index is 0.0611. The zero-order valence-corrected chi connectivity index (χ0v) is 33.8. The van der Waals surface area contributed by atoms with Gasteiger partial charge in [0.25, 0.3) is 0 Å². The molecule has 0 aliphatic carbocycles. The summed E-state index contributed by atoms with van der Waals surface area (Å²) in [5.74, 6) is 2.47. The molecule has 0 saturated carbocycles. The Hall–Kier alpha value is -3.53. The number of ether oxygens (including phenoxy) is 3. The van der Waals surface area contributed by atoms with Crippen LogP contribution in [-0.4, -0.2) is 25.8 Å². The molecular weight excluding hydrogens is 641 g/mol. The first-order valence-corrected chi connectivity index (χ1v) is 20.3. The summed E-state index contributed by atoms with van der Waals surface area (Å²) in [4.78, 5) is 13.1. The second-order valence-corrected chi connectivity index (χ2v) is 16.8. The second kappa shape index (κ2) is 22.5. The second-order valence-electron chi connectivity index (χ2n) is 16.8. The predicted molar refractivity (Wildman–Crippen MR) is 221 cm³/mol. The van der Waals surface area contributed by atoms with Crippen molar-refractivity contribution in [2.75, 3.05) is 19.8 Å². The molecule has 0 amide bonds. The van der Waals surface area contributed by atoms with E-state index in [9.17, 15) is 4.79 Å². The van der Waals surface area contributed by atoms with Gasteiger partial charge in [-0.3, -0.25) is 4.79 Å². The molecule has 0 fully saturated rings. The summed E-state index contributed by atoms with van der Waals surface area (Å²) in [6.07, 6.45) is 14.9. The van der Waals surface area contributed by atoms with E-state index in [1.54, 1.807) is 0 Å². The summed E-state index contributed by atoms with van der Waals surface area (Å²) >= 11 is 0. The molecule has 0 aliphatic rings. The molecule has 52 heavy (non-hydrogen) atoms. The zero-order chi connectivity index (χ0) is 37.8. The van der Waals surface area contributed by atoms with Gasteiger partial charge < -0.3 is 14.2 Å². The van der Waals surface area contributed by atoms with Crippen molar-refractivity contribution >= 4 is 11.7 Å². The van der Waals surface area contributed by atoms with Crippen molar-refractivity contribution in [2.24, 2.45) is 16.7 Å². The molecule has 4 nitrogen and oxygen atoms in total. The Morgan fingerprint density at radius 1 is 0.654 bits per heavy atom. The van der Waals surface area contributed by atoms with Gasteiger partial charge in [-0.15, -0.1) is 0 Å². The van der Waals surface area contributed by atoms with Gasteiger partial charge in [-0.2, -0.15) is 0 Å². The van der Waals surface area contributed by atoms with E-state index in [2.05, 4.69) is 120 Å². The largest absolute Gasteiger partial charge is 0.494 e. The van der Waals surface area contributed by atoms with Gasteiger partial charge in [-0.25, -0.2) is 0 Å². The highest BCUT2D eigenvalue weighted by Gasteiger charge is 2.34. The Balaban J connectivity index is 1.19. The highest BCUT2D eigenvalue weighted by Crippen LogP contribution is 2.40. The lowest BCUT2D eigenvalue weighted by atomic mass is 9.73. The molecule has 2 unspecified atom stereocenters. The summed E-state index contributed by atoms with van der Waals surface area (Å²) in [7, 11) is 0. The molecule has 0 heterocycles. The summed E-state index contributed by atoms with van der Waals surface area (Å²) in [5, 5.41) is 0. The predicted octanol–water partition coefficient (Wildman–Crippen LogP) is 13.8. The van der Waals surface area contributed by atoms with E-state index in [1.165, 1.54) is 61.6 Å². The van der Waals surface area contributed by atoms with E-state index in [-0.39, 0.29) is 11.4 Å². The van der Waals surface area contributed by atoms with Crippen LogP contribution in [0, 0.1) is 16.7 Å². The summed E-state index contributed by atoms with van der Waals surface area (Å²) in [6, 6.07) is 27.5. The van der Waals surface area contributed by atoms with Crippen LogP contribution >= 0.6 is 0 Å². The lowest BCUT2D eigenvalue weighted by Crippen LogP contribution is -2.30. The number of carbonyl (C=O) groups excluding carboxylic acids is 1. The average Bonchev–Trinajstić information content (AvgIpc) is 3.13. The number of esters is 1. The van der Waals surface area contributed by atoms with Crippen LogP contribution in [0.1, 0.15) is 149 Å². The third-order valence-electron chi connectivity index (χ3n) is 10.1. The van der Waals surface area contributed by atoms with E-state index in [0.717, 1.165) is 62.2 Å². The molecule has 0 aliphatic heterocycles. The average molecular weight is 711 g/mol. The molecular formula is C48H70O4. The van der Waals surface area contributed by atoms with Crippen LogP contribution in [0.5, 0.6) is 5.75 Å². The summed E-state index contributed by atoms with van der Waals surface area (Å²) in [6.45, 7) is 21.4. The number of rotatable bonds is 25. The number of hydrogen-bond acceptors (Lipinski definition) is 4. The van der Waals surface area contributed by atoms with Gasteiger partial charge in [0.1, 0.15) is 11.5 Å². The minimum Gasteiger partial charge on any atom is -0.494 e. The van der Waals surface area contributed by atoms with Crippen LogP contribution in [0.3, 0.4) is 0 Å². The Morgan fingerprint density at radius 2 is 1.17 bits per heavy atom. The standard InChI is InChI=1S/C48H70O4/c1-9-38(2)37-52-39(3)40-25-27-42(28-26-40)43-29-31-45(32-30-43)50-33-21-16-14-12-10-11-13-15-17-22-34-51-46(49)48(7,8)36-44(35-47(4,5)6)41-23-19-18-20-24-41/h18-20,23-32,38,44H,3,9-17,21-22,33-37H2,1-2,4-8H3. The molecule has 0 radical (unpaired) electrons. The molecule has 0 bridgehead atoms. The Kier molecular flexibility index (Phi) is 18.6. The van der Waals surface area contributed by atoms with Crippen LogP contribution in [0.25, 0.3) is 16.9 Å². The SMILES string of the molecule is C=C(OCC(C)CC)c1ccc(-c2ccc(OCCCCCCCCCCCCOC(=O)C(C)(C)CC(CC(C)(C)C)c3ccccc3)cc2)cc1. The fraction of sp³-hybridized carbons (Fsp3) is 0.562. The van der Waals surface area contributed by atoms with E-state index in [1.807, 2.05) is 13.8 Å². The molecule has 0 spiro atoms. The fourth-order valence-corrected chi connectivity index (χ4v) is 6.68. The number of unbranched alkanes of at least 4 members (excludes halogenated alkanes) is 9.